The van der Waals surface area contributed by atoms with Crippen molar-refractivity contribution in [1.82, 2.24) is 4.98 Å². The van der Waals surface area contributed by atoms with Crippen LogP contribution >= 0.6 is 27.5 Å². The van der Waals surface area contributed by atoms with Crippen molar-refractivity contribution in [3.05, 3.63) is 32.5 Å². The molecule has 1 aromatic rings. The molecular formula is C6H4BrClN2O2. The van der Waals surface area contributed by atoms with Gasteiger partial charge in [-0.2, -0.15) is 0 Å². The minimum Gasteiger partial charge on any atom is -0.258 e. The standard InChI is InChI=1S/C6H4BrClN2O2/c7-6-1-4(2-8)5(3-9-6)10(11)12/h1,3H,2H2. The van der Waals surface area contributed by atoms with Crippen molar-refractivity contribution < 1.29 is 4.92 Å². The molecule has 0 aliphatic heterocycles. The molecule has 1 heterocycles. The Morgan fingerprint density at radius 2 is 2.42 bits per heavy atom. The molecule has 0 amide bonds. The van der Waals surface area contributed by atoms with Crippen LogP contribution in [0.4, 0.5) is 5.69 Å². The van der Waals surface area contributed by atoms with Gasteiger partial charge >= 0.3 is 0 Å². The van der Waals surface area contributed by atoms with Gasteiger partial charge in [0, 0.05) is 5.56 Å². The van der Waals surface area contributed by atoms with E-state index in [-0.39, 0.29) is 11.6 Å². The van der Waals surface area contributed by atoms with E-state index >= 15 is 0 Å². The lowest BCUT2D eigenvalue weighted by Crippen LogP contribution is -1.94. The van der Waals surface area contributed by atoms with Gasteiger partial charge in [-0.1, -0.05) is 0 Å². The van der Waals surface area contributed by atoms with E-state index < -0.39 is 4.92 Å². The van der Waals surface area contributed by atoms with E-state index in [1.807, 2.05) is 0 Å². The fourth-order valence-corrected chi connectivity index (χ4v) is 1.32. The van der Waals surface area contributed by atoms with Crippen molar-refractivity contribution >= 4 is 33.2 Å². The number of halogens is 2. The molecule has 0 unspecified atom stereocenters. The van der Waals surface area contributed by atoms with Crippen molar-refractivity contribution in [2.24, 2.45) is 0 Å². The lowest BCUT2D eigenvalue weighted by molar-refractivity contribution is -0.385. The smallest absolute Gasteiger partial charge is 0.258 e. The average Bonchev–Trinajstić information content (AvgIpc) is 2.03. The third kappa shape index (κ3) is 1.92. The zero-order valence-electron chi connectivity index (χ0n) is 5.83. The summed E-state index contributed by atoms with van der Waals surface area (Å²) in [5.41, 5.74) is 0.414. The maximum atomic E-state index is 10.4. The maximum Gasteiger partial charge on any atom is 0.292 e. The quantitative estimate of drug-likeness (QED) is 0.351. The molecule has 64 valence electrons. The largest absolute Gasteiger partial charge is 0.292 e. The molecule has 6 heteroatoms. The molecule has 0 atom stereocenters. The van der Waals surface area contributed by atoms with Crippen molar-refractivity contribution in [2.75, 3.05) is 0 Å². The highest BCUT2D eigenvalue weighted by Crippen LogP contribution is 2.21. The predicted molar refractivity (Wildman–Crippen MR) is 48.1 cm³/mol. The van der Waals surface area contributed by atoms with Gasteiger partial charge in [-0.25, -0.2) is 4.98 Å². The molecule has 0 aliphatic rings. The summed E-state index contributed by atoms with van der Waals surface area (Å²) < 4.78 is 0.545. The Morgan fingerprint density at radius 1 is 1.75 bits per heavy atom. The summed E-state index contributed by atoms with van der Waals surface area (Å²) in [7, 11) is 0. The van der Waals surface area contributed by atoms with Gasteiger partial charge in [0.15, 0.2) is 0 Å². The highest BCUT2D eigenvalue weighted by atomic mass is 79.9. The van der Waals surface area contributed by atoms with Gasteiger partial charge in [0.2, 0.25) is 0 Å². The molecule has 0 bridgehead atoms. The number of aromatic nitrogens is 1. The highest BCUT2D eigenvalue weighted by molar-refractivity contribution is 9.10. The summed E-state index contributed by atoms with van der Waals surface area (Å²) in [5.74, 6) is 0.109. The minimum atomic E-state index is -0.503. The Balaban J connectivity index is 3.20. The van der Waals surface area contributed by atoms with Crippen molar-refractivity contribution in [1.29, 1.82) is 0 Å². The summed E-state index contributed by atoms with van der Waals surface area (Å²) in [4.78, 5) is 13.6. The summed E-state index contributed by atoms with van der Waals surface area (Å²) in [5, 5.41) is 10.4. The number of nitro groups is 1. The summed E-state index contributed by atoms with van der Waals surface area (Å²) in [6.45, 7) is 0. The van der Waals surface area contributed by atoms with Crippen LogP contribution in [0.2, 0.25) is 0 Å². The fraction of sp³-hybridized carbons (Fsp3) is 0.167. The monoisotopic (exact) mass is 250 g/mol. The van der Waals surface area contributed by atoms with Crippen molar-refractivity contribution in [3.8, 4) is 0 Å². The molecule has 0 saturated heterocycles. The molecular weight excluding hydrogens is 247 g/mol. The lowest BCUT2D eigenvalue weighted by atomic mass is 10.2. The van der Waals surface area contributed by atoms with E-state index in [1.165, 1.54) is 12.3 Å². The van der Waals surface area contributed by atoms with Crippen LogP contribution in [0.5, 0.6) is 0 Å². The average molecular weight is 251 g/mol. The Bertz CT molecular complexity index is 318. The second-order valence-electron chi connectivity index (χ2n) is 2.03. The topological polar surface area (TPSA) is 56.0 Å². The molecule has 0 N–H and O–H groups in total. The second kappa shape index (κ2) is 3.82. The van der Waals surface area contributed by atoms with Crippen LogP contribution < -0.4 is 0 Å². The second-order valence-corrected chi connectivity index (χ2v) is 3.11. The number of hydrogen-bond donors (Lipinski definition) is 0. The molecule has 12 heavy (non-hydrogen) atoms. The molecule has 4 nitrogen and oxygen atoms in total. The molecule has 0 radical (unpaired) electrons. The van der Waals surface area contributed by atoms with Crippen LogP contribution in [-0.2, 0) is 5.88 Å². The Labute approximate surface area is 81.8 Å². The van der Waals surface area contributed by atoms with Gasteiger partial charge in [-0.05, 0) is 22.0 Å². The number of rotatable bonds is 2. The Morgan fingerprint density at radius 3 is 2.92 bits per heavy atom. The van der Waals surface area contributed by atoms with Crippen LogP contribution in [0.15, 0.2) is 16.9 Å². The van der Waals surface area contributed by atoms with Crippen LogP contribution in [-0.4, -0.2) is 9.91 Å². The van der Waals surface area contributed by atoms with Crippen molar-refractivity contribution in [2.45, 2.75) is 5.88 Å². The number of pyridine rings is 1. The highest BCUT2D eigenvalue weighted by Gasteiger charge is 2.13. The fourth-order valence-electron chi connectivity index (χ4n) is 0.732. The van der Waals surface area contributed by atoms with Gasteiger partial charge in [-0.3, -0.25) is 10.1 Å². The zero-order chi connectivity index (χ0) is 9.14. The predicted octanol–water partition coefficient (Wildman–Crippen LogP) is 2.49. The van der Waals surface area contributed by atoms with Gasteiger partial charge < -0.3 is 0 Å². The molecule has 0 fully saturated rings. The van der Waals surface area contributed by atoms with E-state index in [9.17, 15) is 10.1 Å². The van der Waals surface area contributed by atoms with Gasteiger partial charge in [0.1, 0.15) is 10.8 Å². The first-order valence-electron chi connectivity index (χ1n) is 3.00. The molecule has 1 aromatic heterocycles. The number of hydrogen-bond acceptors (Lipinski definition) is 3. The first kappa shape index (κ1) is 9.41. The third-order valence-corrected chi connectivity index (χ3v) is 1.99. The Hall–Kier alpha value is -0.680. The van der Waals surface area contributed by atoms with E-state index in [0.29, 0.717) is 10.2 Å². The van der Waals surface area contributed by atoms with Gasteiger partial charge in [0.05, 0.1) is 10.8 Å². The summed E-state index contributed by atoms with van der Waals surface area (Å²) >= 11 is 8.59. The first-order chi connectivity index (χ1) is 5.65. The Kier molecular flexibility index (Phi) is 2.99. The molecule has 1 rings (SSSR count). The van der Waals surface area contributed by atoms with E-state index in [2.05, 4.69) is 20.9 Å². The summed E-state index contributed by atoms with van der Waals surface area (Å²) in [6, 6.07) is 1.53. The summed E-state index contributed by atoms with van der Waals surface area (Å²) in [6.07, 6.45) is 1.18. The van der Waals surface area contributed by atoms with Crippen LogP contribution in [0.1, 0.15) is 5.56 Å². The first-order valence-corrected chi connectivity index (χ1v) is 4.32. The van der Waals surface area contributed by atoms with Gasteiger partial charge in [-0.15, -0.1) is 11.6 Å². The van der Waals surface area contributed by atoms with Crippen LogP contribution in [0, 0.1) is 10.1 Å². The lowest BCUT2D eigenvalue weighted by Gasteiger charge is -1.97. The number of nitrogens with zero attached hydrogens (tertiary/aromatic N) is 2. The van der Waals surface area contributed by atoms with Crippen LogP contribution in [0.3, 0.4) is 0 Å². The van der Waals surface area contributed by atoms with E-state index in [4.69, 9.17) is 11.6 Å². The minimum absolute atomic E-state index is 0.0480. The molecule has 0 saturated carbocycles. The zero-order valence-corrected chi connectivity index (χ0v) is 8.17. The number of alkyl halides is 1. The van der Waals surface area contributed by atoms with Crippen LogP contribution in [0.25, 0.3) is 0 Å². The molecule has 0 spiro atoms. The van der Waals surface area contributed by atoms with Gasteiger partial charge in [0.25, 0.3) is 5.69 Å². The maximum absolute atomic E-state index is 10.4. The normalized spacial score (nSPS) is 9.83. The molecule has 0 aromatic carbocycles. The van der Waals surface area contributed by atoms with E-state index in [1.54, 1.807) is 0 Å². The van der Waals surface area contributed by atoms with Crippen molar-refractivity contribution in [3.63, 3.8) is 0 Å². The SMILES string of the molecule is O=[N+]([O-])c1cnc(Br)cc1CCl. The molecule has 0 aliphatic carbocycles. The third-order valence-electron chi connectivity index (χ3n) is 1.27. The van der Waals surface area contributed by atoms with E-state index in [0.717, 1.165) is 0 Å².